The number of benzene rings is 3. The molecule has 0 radical (unpaired) electrons. The van der Waals surface area contributed by atoms with Crippen LogP contribution < -0.4 is 5.32 Å². The molecule has 0 unspecified atom stereocenters. The number of halogens is 1. The van der Waals surface area contributed by atoms with Crippen LogP contribution in [0.1, 0.15) is 29.2 Å². The Morgan fingerprint density at radius 2 is 1.62 bits per heavy atom. The number of nitrogens with one attached hydrogen (secondary N) is 1. The second-order valence-electron chi connectivity index (χ2n) is 7.85. The number of aryl methyl sites for hydroxylation is 1. The summed E-state index contributed by atoms with van der Waals surface area (Å²) in [4.78, 5) is 28.5. The lowest BCUT2D eigenvalue weighted by Gasteiger charge is -2.32. The quantitative estimate of drug-likeness (QED) is 0.452. The molecule has 5 heteroatoms. The second-order valence-corrected chi connectivity index (χ2v) is 8.77. The van der Waals surface area contributed by atoms with Crippen molar-refractivity contribution < 1.29 is 9.59 Å². The summed E-state index contributed by atoms with van der Waals surface area (Å²) in [6, 6.07) is 25.0. The molecule has 0 fully saturated rings. The number of likely N-dealkylation sites (N-methyl/N-ethyl adjacent to an activating group) is 1. The first kappa shape index (κ1) is 23.7. The number of rotatable bonds is 9. The minimum absolute atomic E-state index is 0.0635. The third-order valence-corrected chi connectivity index (χ3v) is 5.96. The van der Waals surface area contributed by atoms with Crippen LogP contribution in [0.5, 0.6) is 0 Å². The van der Waals surface area contributed by atoms with E-state index in [1.165, 1.54) is 0 Å². The summed E-state index contributed by atoms with van der Waals surface area (Å²) < 4.78 is 0.943. The summed E-state index contributed by atoms with van der Waals surface area (Å²) in [5, 5.41) is 2.93. The first-order valence-electron chi connectivity index (χ1n) is 10.9. The van der Waals surface area contributed by atoms with Crippen molar-refractivity contribution in [2.75, 3.05) is 6.54 Å². The van der Waals surface area contributed by atoms with E-state index in [0.717, 1.165) is 26.7 Å². The van der Waals surface area contributed by atoms with Crippen LogP contribution in [0.15, 0.2) is 83.3 Å². The normalized spacial score (nSPS) is 11.6. The Morgan fingerprint density at radius 1 is 0.938 bits per heavy atom. The summed E-state index contributed by atoms with van der Waals surface area (Å²) >= 11 is 3.51. The van der Waals surface area contributed by atoms with Gasteiger partial charge in [0.2, 0.25) is 11.8 Å². The van der Waals surface area contributed by atoms with Gasteiger partial charge in [-0.15, -0.1) is 0 Å². The highest BCUT2D eigenvalue weighted by Gasteiger charge is 2.30. The van der Waals surface area contributed by atoms with Crippen molar-refractivity contribution in [1.82, 2.24) is 10.2 Å². The molecule has 32 heavy (non-hydrogen) atoms. The van der Waals surface area contributed by atoms with Gasteiger partial charge < -0.3 is 10.2 Å². The minimum atomic E-state index is -0.604. The zero-order valence-electron chi connectivity index (χ0n) is 18.6. The topological polar surface area (TPSA) is 49.4 Å². The van der Waals surface area contributed by atoms with Gasteiger partial charge in [-0.2, -0.15) is 0 Å². The highest BCUT2D eigenvalue weighted by atomic mass is 79.9. The second kappa shape index (κ2) is 11.6. The maximum atomic E-state index is 13.6. The van der Waals surface area contributed by atoms with Gasteiger partial charge >= 0.3 is 0 Å². The summed E-state index contributed by atoms with van der Waals surface area (Å²) in [5.41, 5.74) is 4.04. The Balaban J connectivity index is 1.96. The predicted octanol–water partition coefficient (Wildman–Crippen LogP) is 5.08. The fourth-order valence-corrected chi connectivity index (χ4v) is 4.20. The number of carbonyl (C=O) groups excluding carboxylic acids is 2. The molecule has 0 saturated carbocycles. The van der Waals surface area contributed by atoms with Gasteiger partial charge in [-0.3, -0.25) is 9.59 Å². The summed E-state index contributed by atoms with van der Waals surface area (Å²) in [7, 11) is 0. The van der Waals surface area contributed by atoms with Crippen molar-refractivity contribution >= 4 is 27.7 Å². The molecule has 3 rings (SSSR count). The van der Waals surface area contributed by atoms with Gasteiger partial charge in [0.15, 0.2) is 0 Å². The number of hydrogen-bond acceptors (Lipinski definition) is 2. The molecule has 0 spiro atoms. The van der Waals surface area contributed by atoms with Crippen LogP contribution in [-0.4, -0.2) is 29.3 Å². The molecule has 2 amide bonds. The van der Waals surface area contributed by atoms with Crippen molar-refractivity contribution in [3.8, 4) is 0 Å². The van der Waals surface area contributed by atoms with E-state index in [-0.39, 0.29) is 18.2 Å². The monoisotopic (exact) mass is 492 g/mol. The number of amides is 2. The average Bonchev–Trinajstić information content (AvgIpc) is 2.78. The van der Waals surface area contributed by atoms with Crippen LogP contribution in [0.4, 0.5) is 0 Å². The Morgan fingerprint density at radius 3 is 2.31 bits per heavy atom. The third-order valence-electron chi connectivity index (χ3n) is 5.47. The third kappa shape index (κ3) is 6.54. The van der Waals surface area contributed by atoms with E-state index >= 15 is 0 Å². The van der Waals surface area contributed by atoms with Crippen LogP contribution in [0.25, 0.3) is 0 Å². The Kier molecular flexibility index (Phi) is 8.63. The SMILES string of the molecule is CCNC(=O)[C@H](Cc1ccccc1)N(Cc1cccc(Br)c1)C(=O)Cc1ccccc1C. The van der Waals surface area contributed by atoms with E-state index in [2.05, 4.69) is 21.2 Å². The van der Waals surface area contributed by atoms with Crippen LogP contribution in [-0.2, 0) is 29.0 Å². The molecule has 1 atom stereocenters. The van der Waals surface area contributed by atoms with E-state index in [9.17, 15) is 9.59 Å². The van der Waals surface area contributed by atoms with Crippen LogP contribution in [0, 0.1) is 6.92 Å². The summed E-state index contributed by atoms with van der Waals surface area (Å²) in [6.45, 7) is 4.78. The van der Waals surface area contributed by atoms with Crippen LogP contribution in [0.2, 0.25) is 0 Å². The van der Waals surface area contributed by atoms with Gasteiger partial charge in [0.25, 0.3) is 0 Å². The van der Waals surface area contributed by atoms with Gasteiger partial charge in [-0.1, -0.05) is 82.7 Å². The molecule has 0 aliphatic rings. The predicted molar refractivity (Wildman–Crippen MR) is 132 cm³/mol. The maximum absolute atomic E-state index is 13.6. The standard InChI is InChI=1S/C27H29BrN2O2/c1-3-29-27(32)25(17-21-11-5-4-6-12-21)30(19-22-13-9-15-24(28)16-22)26(31)18-23-14-8-7-10-20(23)2/h4-16,25H,3,17-19H2,1-2H3,(H,29,32)/t25-/m0/s1. The first-order valence-corrected chi connectivity index (χ1v) is 11.7. The van der Waals surface area contributed by atoms with Gasteiger partial charge in [-0.05, 0) is 48.2 Å². The lowest BCUT2D eigenvalue weighted by atomic mass is 10.0. The van der Waals surface area contributed by atoms with E-state index in [0.29, 0.717) is 19.5 Å². The van der Waals surface area contributed by atoms with E-state index < -0.39 is 6.04 Å². The smallest absolute Gasteiger partial charge is 0.243 e. The lowest BCUT2D eigenvalue weighted by molar-refractivity contribution is -0.140. The zero-order chi connectivity index (χ0) is 22.9. The van der Waals surface area contributed by atoms with Crippen molar-refractivity contribution in [2.24, 2.45) is 0 Å². The molecule has 1 N–H and O–H groups in total. The molecule has 3 aromatic rings. The Labute approximate surface area is 198 Å². The lowest BCUT2D eigenvalue weighted by Crippen LogP contribution is -2.51. The number of nitrogens with zero attached hydrogens (tertiary/aromatic N) is 1. The fourth-order valence-electron chi connectivity index (χ4n) is 3.75. The van der Waals surface area contributed by atoms with Gasteiger partial charge in [0, 0.05) is 24.0 Å². The van der Waals surface area contributed by atoms with Gasteiger partial charge in [0.05, 0.1) is 6.42 Å². The molecule has 0 bridgehead atoms. The maximum Gasteiger partial charge on any atom is 0.243 e. The van der Waals surface area contributed by atoms with Crippen molar-refractivity contribution in [2.45, 2.75) is 39.3 Å². The molecule has 3 aromatic carbocycles. The van der Waals surface area contributed by atoms with E-state index in [4.69, 9.17) is 0 Å². The van der Waals surface area contributed by atoms with Crippen molar-refractivity contribution in [3.63, 3.8) is 0 Å². The molecular formula is C27H29BrN2O2. The largest absolute Gasteiger partial charge is 0.355 e. The van der Waals surface area contributed by atoms with Crippen LogP contribution in [0.3, 0.4) is 0 Å². The molecule has 0 saturated heterocycles. The zero-order valence-corrected chi connectivity index (χ0v) is 20.1. The molecule has 4 nitrogen and oxygen atoms in total. The fraction of sp³-hybridized carbons (Fsp3) is 0.259. The van der Waals surface area contributed by atoms with Crippen molar-refractivity contribution in [3.05, 3.63) is 106 Å². The highest BCUT2D eigenvalue weighted by molar-refractivity contribution is 9.10. The Hall–Kier alpha value is -2.92. The molecule has 0 heterocycles. The van der Waals surface area contributed by atoms with Gasteiger partial charge in [0.1, 0.15) is 6.04 Å². The molecule has 0 aliphatic carbocycles. The van der Waals surface area contributed by atoms with Crippen LogP contribution >= 0.6 is 15.9 Å². The first-order chi connectivity index (χ1) is 15.5. The molecule has 166 valence electrons. The van der Waals surface area contributed by atoms with Gasteiger partial charge in [-0.25, -0.2) is 0 Å². The number of hydrogen-bond donors (Lipinski definition) is 1. The highest BCUT2D eigenvalue weighted by Crippen LogP contribution is 2.19. The number of carbonyl (C=O) groups is 2. The van der Waals surface area contributed by atoms with E-state index in [1.54, 1.807) is 4.90 Å². The van der Waals surface area contributed by atoms with Crippen molar-refractivity contribution in [1.29, 1.82) is 0 Å². The molecular weight excluding hydrogens is 464 g/mol. The van der Waals surface area contributed by atoms with E-state index in [1.807, 2.05) is 92.7 Å². The molecule has 0 aliphatic heterocycles. The average molecular weight is 493 g/mol. The minimum Gasteiger partial charge on any atom is -0.355 e. The summed E-state index contributed by atoms with van der Waals surface area (Å²) in [5.74, 6) is -0.198. The Bertz CT molecular complexity index is 1050. The molecule has 0 aromatic heterocycles. The summed E-state index contributed by atoms with van der Waals surface area (Å²) in [6.07, 6.45) is 0.714.